The minimum absolute atomic E-state index is 0.276. The molecule has 124 valence electrons. The lowest BCUT2D eigenvalue weighted by Gasteiger charge is -2.16. The second-order valence-corrected chi connectivity index (χ2v) is 5.11. The molecule has 1 atom stereocenters. The molecule has 0 saturated heterocycles. The first-order valence-electron chi connectivity index (χ1n) is 7.62. The Morgan fingerprint density at radius 1 is 1.12 bits per heavy atom. The summed E-state index contributed by atoms with van der Waals surface area (Å²) in [7, 11) is 0. The quantitative estimate of drug-likeness (QED) is 0.769. The Morgan fingerprint density at radius 2 is 1.79 bits per heavy atom. The maximum Gasteiger partial charge on any atom is 0.265 e. The summed E-state index contributed by atoms with van der Waals surface area (Å²) in [6, 6.07) is 15.9. The molecule has 0 spiro atoms. The van der Waals surface area contributed by atoms with Crippen LogP contribution in [-0.4, -0.2) is 24.5 Å². The van der Waals surface area contributed by atoms with Crippen molar-refractivity contribution in [3.05, 3.63) is 72.8 Å². The third-order valence-corrected chi connectivity index (χ3v) is 3.26. The SMILES string of the molecule is C=CCNC(=O)c1ccccc1NC(=O)[C@H](C)Oc1ccccc1. The summed E-state index contributed by atoms with van der Waals surface area (Å²) in [5, 5.41) is 5.43. The topological polar surface area (TPSA) is 67.4 Å². The van der Waals surface area contributed by atoms with Crippen LogP contribution >= 0.6 is 0 Å². The fraction of sp³-hybridized carbons (Fsp3) is 0.158. The zero-order valence-corrected chi connectivity index (χ0v) is 13.5. The van der Waals surface area contributed by atoms with Crippen molar-refractivity contribution in [2.75, 3.05) is 11.9 Å². The van der Waals surface area contributed by atoms with Crippen LogP contribution in [0.25, 0.3) is 0 Å². The van der Waals surface area contributed by atoms with Gasteiger partial charge in [-0.15, -0.1) is 6.58 Å². The van der Waals surface area contributed by atoms with E-state index in [-0.39, 0.29) is 11.8 Å². The van der Waals surface area contributed by atoms with Gasteiger partial charge in [-0.2, -0.15) is 0 Å². The van der Waals surface area contributed by atoms with E-state index in [1.807, 2.05) is 18.2 Å². The van der Waals surface area contributed by atoms with Crippen molar-refractivity contribution in [1.29, 1.82) is 0 Å². The normalized spacial score (nSPS) is 11.2. The number of ether oxygens (including phenoxy) is 1. The average Bonchev–Trinajstić information content (AvgIpc) is 2.61. The Morgan fingerprint density at radius 3 is 2.50 bits per heavy atom. The van der Waals surface area contributed by atoms with E-state index >= 15 is 0 Å². The minimum Gasteiger partial charge on any atom is -0.481 e. The first kappa shape index (κ1) is 17.3. The number of hydrogen-bond acceptors (Lipinski definition) is 3. The van der Waals surface area contributed by atoms with Crippen molar-refractivity contribution in [2.24, 2.45) is 0 Å². The summed E-state index contributed by atoms with van der Waals surface area (Å²) in [6.45, 7) is 5.57. The monoisotopic (exact) mass is 324 g/mol. The molecule has 5 heteroatoms. The average molecular weight is 324 g/mol. The zero-order valence-electron chi connectivity index (χ0n) is 13.5. The first-order chi connectivity index (χ1) is 11.6. The van der Waals surface area contributed by atoms with Gasteiger partial charge in [0.1, 0.15) is 5.75 Å². The van der Waals surface area contributed by atoms with Crippen molar-refractivity contribution in [1.82, 2.24) is 5.32 Å². The molecule has 0 bridgehead atoms. The zero-order chi connectivity index (χ0) is 17.4. The second-order valence-electron chi connectivity index (χ2n) is 5.11. The number of amides is 2. The van der Waals surface area contributed by atoms with E-state index in [0.717, 1.165) is 0 Å². The molecule has 0 aromatic heterocycles. The molecule has 0 saturated carbocycles. The van der Waals surface area contributed by atoms with Crippen LogP contribution in [0.4, 0.5) is 5.69 Å². The van der Waals surface area contributed by atoms with Crippen LogP contribution in [0.2, 0.25) is 0 Å². The van der Waals surface area contributed by atoms with E-state index < -0.39 is 6.10 Å². The van der Waals surface area contributed by atoms with Gasteiger partial charge in [-0.3, -0.25) is 9.59 Å². The van der Waals surface area contributed by atoms with Gasteiger partial charge in [-0.25, -0.2) is 0 Å². The number of carbonyl (C=O) groups excluding carboxylic acids is 2. The maximum atomic E-state index is 12.3. The van der Waals surface area contributed by atoms with Crippen LogP contribution in [0, 0.1) is 0 Å². The summed E-state index contributed by atoms with van der Waals surface area (Å²) in [5.74, 6) is 0.00224. The number of nitrogens with one attached hydrogen (secondary N) is 2. The lowest BCUT2D eigenvalue weighted by molar-refractivity contribution is -0.122. The molecule has 0 aliphatic heterocycles. The predicted molar refractivity (Wildman–Crippen MR) is 94.1 cm³/mol. The number of benzene rings is 2. The van der Waals surface area contributed by atoms with E-state index in [9.17, 15) is 9.59 Å². The molecule has 2 amide bonds. The Bertz CT molecular complexity index is 714. The van der Waals surface area contributed by atoms with Crippen LogP contribution < -0.4 is 15.4 Å². The molecule has 0 aliphatic carbocycles. The van der Waals surface area contributed by atoms with Crippen LogP contribution in [0.5, 0.6) is 5.75 Å². The molecule has 0 radical (unpaired) electrons. The molecule has 24 heavy (non-hydrogen) atoms. The van der Waals surface area contributed by atoms with Crippen molar-refractivity contribution >= 4 is 17.5 Å². The largest absolute Gasteiger partial charge is 0.481 e. The van der Waals surface area contributed by atoms with Crippen LogP contribution in [-0.2, 0) is 4.79 Å². The molecule has 0 fully saturated rings. The molecular formula is C19H20N2O3. The number of carbonyl (C=O) groups is 2. The highest BCUT2D eigenvalue weighted by Gasteiger charge is 2.18. The van der Waals surface area contributed by atoms with Crippen LogP contribution in [0.15, 0.2) is 67.3 Å². The van der Waals surface area contributed by atoms with E-state index in [4.69, 9.17) is 4.74 Å². The molecule has 2 rings (SSSR count). The summed E-state index contributed by atoms with van der Waals surface area (Å²) < 4.78 is 5.59. The van der Waals surface area contributed by atoms with Gasteiger partial charge in [0, 0.05) is 6.54 Å². The number of anilines is 1. The van der Waals surface area contributed by atoms with E-state index in [1.54, 1.807) is 49.4 Å². The molecule has 0 unspecified atom stereocenters. The highest BCUT2D eigenvalue weighted by molar-refractivity contribution is 6.04. The third kappa shape index (κ3) is 4.71. The number of rotatable bonds is 7. The fourth-order valence-electron chi connectivity index (χ4n) is 2.04. The van der Waals surface area contributed by atoms with Gasteiger partial charge in [0.15, 0.2) is 6.10 Å². The molecular weight excluding hydrogens is 304 g/mol. The number of hydrogen-bond donors (Lipinski definition) is 2. The third-order valence-electron chi connectivity index (χ3n) is 3.26. The van der Waals surface area contributed by atoms with Gasteiger partial charge in [-0.05, 0) is 31.2 Å². The highest BCUT2D eigenvalue weighted by Crippen LogP contribution is 2.17. The standard InChI is InChI=1S/C19H20N2O3/c1-3-13-20-19(23)16-11-7-8-12-17(16)21-18(22)14(2)24-15-9-5-4-6-10-15/h3-12,14H,1,13H2,2H3,(H,20,23)(H,21,22)/t14-/m0/s1. The lowest BCUT2D eigenvalue weighted by atomic mass is 10.1. The van der Waals surface area contributed by atoms with Gasteiger partial charge < -0.3 is 15.4 Å². The van der Waals surface area contributed by atoms with E-state index in [2.05, 4.69) is 17.2 Å². The molecule has 5 nitrogen and oxygen atoms in total. The van der Waals surface area contributed by atoms with Gasteiger partial charge in [-0.1, -0.05) is 36.4 Å². The Balaban J connectivity index is 2.05. The van der Waals surface area contributed by atoms with Gasteiger partial charge in [0.05, 0.1) is 11.3 Å². The van der Waals surface area contributed by atoms with Crippen molar-refractivity contribution < 1.29 is 14.3 Å². The smallest absolute Gasteiger partial charge is 0.265 e. The van der Waals surface area contributed by atoms with Crippen molar-refractivity contribution in [3.8, 4) is 5.75 Å². The van der Waals surface area contributed by atoms with Gasteiger partial charge in [0.25, 0.3) is 11.8 Å². The molecule has 0 aliphatic rings. The predicted octanol–water partition coefficient (Wildman–Crippen LogP) is 3.01. The molecule has 2 aromatic carbocycles. The summed E-state index contributed by atoms with van der Waals surface area (Å²) in [5.41, 5.74) is 0.826. The minimum atomic E-state index is -0.698. The summed E-state index contributed by atoms with van der Waals surface area (Å²) in [6.07, 6.45) is 0.895. The van der Waals surface area contributed by atoms with Crippen LogP contribution in [0.1, 0.15) is 17.3 Å². The second kappa shape index (κ2) is 8.53. The molecule has 0 heterocycles. The van der Waals surface area contributed by atoms with Crippen molar-refractivity contribution in [2.45, 2.75) is 13.0 Å². The molecule has 2 aromatic rings. The summed E-state index contributed by atoms with van der Waals surface area (Å²) >= 11 is 0. The number of para-hydroxylation sites is 2. The van der Waals surface area contributed by atoms with Gasteiger partial charge >= 0.3 is 0 Å². The summed E-state index contributed by atoms with van der Waals surface area (Å²) in [4.78, 5) is 24.4. The van der Waals surface area contributed by atoms with Crippen molar-refractivity contribution in [3.63, 3.8) is 0 Å². The Kier molecular flexibility index (Phi) is 6.14. The Labute approximate surface area is 141 Å². The first-order valence-corrected chi connectivity index (χ1v) is 7.62. The fourth-order valence-corrected chi connectivity index (χ4v) is 2.04. The maximum absolute atomic E-state index is 12.3. The molecule has 2 N–H and O–H groups in total. The van der Waals surface area contributed by atoms with Crippen LogP contribution in [0.3, 0.4) is 0 Å². The van der Waals surface area contributed by atoms with E-state index in [1.165, 1.54) is 0 Å². The van der Waals surface area contributed by atoms with E-state index in [0.29, 0.717) is 23.5 Å². The lowest BCUT2D eigenvalue weighted by Crippen LogP contribution is -2.31. The Hall–Kier alpha value is -3.08. The van der Waals surface area contributed by atoms with Gasteiger partial charge in [0.2, 0.25) is 0 Å². The highest BCUT2D eigenvalue weighted by atomic mass is 16.5.